The molecule has 13 nitrogen and oxygen atoms in total. The number of ether oxygens (including phenoxy) is 3. The lowest BCUT2D eigenvalue weighted by Crippen LogP contribution is -2.47. The zero-order chi connectivity index (χ0) is 28.6. The van der Waals surface area contributed by atoms with Crippen molar-refractivity contribution in [2.45, 2.75) is 65.5 Å². The van der Waals surface area contributed by atoms with Crippen LogP contribution in [-0.2, 0) is 46.0 Å². The number of fused-ring (bicyclic) bond motifs is 1. The molecule has 0 amide bonds. The summed E-state index contributed by atoms with van der Waals surface area (Å²) >= 11 is 0. The summed E-state index contributed by atoms with van der Waals surface area (Å²) in [5.74, 6) is -1.11. The molecule has 0 aliphatic heterocycles. The number of rotatable bonds is 14. The molecule has 212 valence electrons. The van der Waals surface area contributed by atoms with E-state index in [1.54, 1.807) is 31.7 Å². The monoisotopic (exact) mass is 562 g/mol. The van der Waals surface area contributed by atoms with Crippen LogP contribution in [0.1, 0.15) is 40.2 Å². The minimum atomic E-state index is -3.93. The van der Waals surface area contributed by atoms with Crippen LogP contribution in [0.3, 0.4) is 0 Å². The van der Waals surface area contributed by atoms with E-state index in [0.717, 1.165) is 5.56 Å². The third-order valence-electron chi connectivity index (χ3n) is 5.34. The number of aromatic nitrogens is 4. The van der Waals surface area contributed by atoms with E-state index >= 15 is 0 Å². The van der Waals surface area contributed by atoms with Crippen molar-refractivity contribution in [2.24, 2.45) is 0 Å². The van der Waals surface area contributed by atoms with Gasteiger partial charge in [0.1, 0.15) is 30.3 Å². The van der Waals surface area contributed by atoms with E-state index in [9.17, 15) is 14.2 Å². The molecule has 14 heteroatoms. The number of benzene rings is 1. The highest BCUT2D eigenvalue weighted by atomic mass is 31.2. The largest absolute Gasteiger partial charge is 0.461 e. The van der Waals surface area contributed by atoms with Crippen molar-refractivity contribution >= 4 is 36.4 Å². The molecule has 2 heterocycles. The molecule has 39 heavy (non-hydrogen) atoms. The first-order valence-corrected chi connectivity index (χ1v) is 14.2. The van der Waals surface area contributed by atoms with Gasteiger partial charge in [-0.15, -0.1) is 0 Å². The number of nitrogens with zero attached hydrogens (tertiary/aromatic N) is 4. The highest BCUT2D eigenvalue weighted by molar-refractivity contribution is 7.56. The lowest BCUT2D eigenvalue weighted by molar-refractivity contribution is -0.151. The number of nitrogens with one attached hydrogen (secondary N) is 1. The van der Waals surface area contributed by atoms with E-state index in [4.69, 9.17) is 24.5 Å². The molecule has 1 aromatic carbocycles. The number of imidazole rings is 1. The first kappa shape index (κ1) is 30.2. The Morgan fingerprint density at radius 1 is 1.13 bits per heavy atom. The summed E-state index contributed by atoms with van der Waals surface area (Å²) in [5, 5.41) is 2.74. The van der Waals surface area contributed by atoms with E-state index in [2.05, 4.69) is 20.0 Å². The number of anilines is 1. The maximum Gasteiger partial charge on any atom is 0.332 e. The standard InChI is InChI=1S/C25H35N6O7P/c1-17(2)38-20(32)13-37-39(34,30-25(4,5)24(33)35-12-19-9-7-6-8-10-19)16-36-18(3)11-31-15-29-21-22(26)27-14-28-23(21)31/h6-10,14-15,17-18H,11-13,16H2,1-5H3,(H,30,34)(H2,26,27,28). The van der Waals surface area contributed by atoms with Crippen molar-refractivity contribution in [2.75, 3.05) is 18.7 Å². The molecule has 0 aliphatic carbocycles. The Kier molecular flexibility index (Phi) is 10.1. The number of esters is 2. The van der Waals surface area contributed by atoms with Gasteiger partial charge in [0.05, 0.1) is 25.1 Å². The quantitative estimate of drug-likeness (QED) is 0.218. The maximum absolute atomic E-state index is 13.8. The fourth-order valence-electron chi connectivity index (χ4n) is 3.52. The van der Waals surface area contributed by atoms with Crippen LogP contribution in [0.5, 0.6) is 0 Å². The Labute approximate surface area is 226 Å². The fourth-order valence-corrected chi connectivity index (χ4v) is 5.43. The second-order valence-corrected chi connectivity index (χ2v) is 11.8. The van der Waals surface area contributed by atoms with Gasteiger partial charge in [0, 0.05) is 0 Å². The molecule has 0 radical (unpaired) electrons. The van der Waals surface area contributed by atoms with E-state index in [1.807, 2.05) is 30.3 Å². The molecular formula is C25H35N6O7P. The number of carbonyl (C=O) groups is 2. The summed E-state index contributed by atoms with van der Waals surface area (Å²) in [4.78, 5) is 37.3. The van der Waals surface area contributed by atoms with Gasteiger partial charge < -0.3 is 29.0 Å². The van der Waals surface area contributed by atoms with Crippen molar-refractivity contribution in [1.82, 2.24) is 24.6 Å². The van der Waals surface area contributed by atoms with Gasteiger partial charge in [-0.05, 0) is 40.2 Å². The lowest BCUT2D eigenvalue weighted by atomic mass is 10.1. The van der Waals surface area contributed by atoms with Crippen molar-refractivity contribution in [3.63, 3.8) is 0 Å². The highest BCUT2D eigenvalue weighted by Crippen LogP contribution is 2.45. The maximum atomic E-state index is 13.8. The molecular weight excluding hydrogens is 527 g/mol. The molecule has 3 N–H and O–H groups in total. The normalized spacial score (nSPS) is 14.2. The Morgan fingerprint density at radius 3 is 2.54 bits per heavy atom. The molecule has 2 aromatic heterocycles. The Hall–Kier alpha value is -3.38. The van der Waals surface area contributed by atoms with E-state index in [0.29, 0.717) is 17.7 Å². The smallest absolute Gasteiger partial charge is 0.332 e. The summed E-state index contributed by atoms with van der Waals surface area (Å²) in [6.07, 6.45) is 1.58. The lowest BCUT2D eigenvalue weighted by Gasteiger charge is -2.30. The Morgan fingerprint density at radius 2 is 1.85 bits per heavy atom. The molecule has 0 saturated heterocycles. The predicted molar refractivity (Wildman–Crippen MR) is 143 cm³/mol. The van der Waals surface area contributed by atoms with Crippen molar-refractivity contribution < 1.29 is 32.9 Å². The topological polar surface area (TPSA) is 170 Å². The van der Waals surface area contributed by atoms with Crippen LogP contribution in [0.25, 0.3) is 11.2 Å². The minimum Gasteiger partial charge on any atom is -0.461 e. The predicted octanol–water partition coefficient (Wildman–Crippen LogP) is 3.04. The molecule has 0 saturated carbocycles. The van der Waals surface area contributed by atoms with Crippen LogP contribution in [0.4, 0.5) is 5.82 Å². The number of hydrogen-bond acceptors (Lipinski definition) is 11. The van der Waals surface area contributed by atoms with Crippen LogP contribution < -0.4 is 10.8 Å². The number of nitrogens with two attached hydrogens (primary N) is 1. The first-order valence-electron chi connectivity index (χ1n) is 12.3. The first-order chi connectivity index (χ1) is 18.4. The Balaban J connectivity index is 1.68. The van der Waals surface area contributed by atoms with Gasteiger partial charge >= 0.3 is 11.9 Å². The summed E-state index contributed by atoms with van der Waals surface area (Å²) in [6.45, 7) is 7.88. The van der Waals surface area contributed by atoms with Crippen LogP contribution in [0.15, 0.2) is 43.0 Å². The van der Waals surface area contributed by atoms with Gasteiger partial charge in [-0.1, -0.05) is 30.3 Å². The van der Waals surface area contributed by atoms with Crippen LogP contribution in [-0.4, -0.2) is 62.2 Å². The summed E-state index contributed by atoms with van der Waals surface area (Å²) < 4.78 is 37.4. The number of carbonyl (C=O) groups excluding carboxylic acids is 2. The van der Waals surface area contributed by atoms with E-state index in [-0.39, 0.29) is 18.5 Å². The molecule has 0 aliphatic rings. The van der Waals surface area contributed by atoms with Crippen LogP contribution in [0, 0.1) is 0 Å². The summed E-state index contributed by atoms with van der Waals surface area (Å²) in [7, 11) is -3.93. The van der Waals surface area contributed by atoms with Crippen LogP contribution in [0.2, 0.25) is 0 Å². The van der Waals surface area contributed by atoms with Gasteiger partial charge in [-0.2, -0.15) is 0 Å². The van der Waals surface area contributed by atoms with Gasteiger partial charge in [0.15, 0.2) is 18.1 Å². The zero-order valence-electron chi connectivity index (χ0n) is 22.7. The second kappa shape index (κ2) is 13.1. The van der Waals surface area contributed by atoms with Gasteiger partial charge in [-0.3, -0.25) is 9.36 Å². The second-order valence-electron chi connectivity index (χ2n) is 9.72. The average molecular weight is 563 g/mol. The number of nitrogen functional groups attached to an aromatic ring is 1. The highest BCUT2D eigenvalue weighted by Gasteiger charge is 2.39. The molecule has 2 unspecified atom stereocenters. The zero-order valence-corrected chi connectivity index (χ0v) is 23.6. The van der Waals surface area contributed by atoms with Crippen molar-refractivity contribution in [3.05, 3.63) is 48.5 Å². The molecule has 2 atom stereocenters. The minimum absolute atomic E-state index is 0.0388. The third-order valence-corrected chi connectivity index (χ3v) is 7.28. The summed E-state index contributed by atoms with van der Waals surface area (Å²) in [6, 6.07) is 9.16. The van der Waals surface area contributed by atoms with Crippen molar-refractivity contribution in [1.29, 1.82) is 0 Å². The van der Waals surface area contributed by atoms with E-state index < -0.39 is 44.1 Å². The molecule has 3 aromatic rings. The average Bonchev–Trinajstić information content (AvgIpc) is 3.29. The molecule has 0 bridgehead atoms. The SMILES string of the molecule is CC(C)OC(=O)COP(=O)(COC(C)Cn1cnc2c(N)ncnc21)NC(C)(C)C(=O)OCc1ccccc1. The van der Waals surface area contributed by atoms with E-state index in [1.165, 1.54) is 20.2 Å². The fraction of sp³-hybridized carbons (Fsp3) is 0.480. The van der Waals surface area contributed by atoms with Gasteiger partial charge in [0.2, 0.25) is 0 Å². The van der Waals surface area contributed by atoms with Gasteiger partial charge in [-0.25, -0.2) is 24.8 Å². The van der Waals surface area contributed by atoms with Gasteiger partial charge in [0.25, 0.3) is 7.52 Å². The van der Waals surface area contributed by atoms with Crippen molar-refractivity contribution in [3.8, 4) is 0 Å². The molecule has 0 fully saturated rings. The third kappa shape index (κ3) is 8.82. The summed E-state index contributed by atoms with van der Waals surface area (Å²) in [5.41, 5.74) is 6.19. The Bertz CT molecular complexity index is 1310. The van der Waals surface area contributed by atoms with Crippen LogP contribution >= 0.6 is 7.52 Å². The molecule has 3 rings (SSSR count). The molecule has 0 spiro atoms. The number of hydrogen-bond donors (Lipinski definition) is 2.